The first kappa shape index (κ1) is 18.2. The molecule has 0 aliphatic heterocycles. The molecule has 0 saturated heterocycles. The molecule has 0 unspecified atom stereocenters. The van der Waals surface area contributed by atoms with E-state index in [1.54, 1.807) is 0 Å². The van der Waals surface area contributed by atoms with E-state index < -0.39 is 11.9 Å². The summed E-state index contributed by atoms with van der Waals surface area (Å²) < 4.78 is 5.57. The van der Waals surface area contributed by atoms with Gasteiger partial charge in [0.25, 0.3) is 0 Å². The van der Waals surface area contributed by atoms with Gasteiger partial charge in [0.2, 0.25) is 0 Å². The van der Waals surface area contributed by atoms with Gasteiger partial charge in [0, 0.05) is 6.54 Å². The lowest BCUT2D eigenvalue weighted by atomic mass is 10.1. The summed E-state index contributed by atoms with van der Waals surface area (Å²) in [4.78, 5) is 18.2. The Hall–Kier alpha value is -2.86. The third-order valence-electron chi connectivity index (χ3n) is 2.77. The first-order valence-corrected chi connectivity index (χ1v) is 6.93. The number of hydrogen-bond acceptors (Lipinski definition) is 4. The molecule has 0 radical (unpaired) electrons. The fourth-order valence-electron chi connectivity index (χ4n) is 1.65. The highest BCUT2D eigenvalue weighted by Crippen LogP contribution is 2.21. The van der Waals surface area contributed by atoms with Crippen LogP contribution in [-0.2, 0) is 9.59 Å². The molecule has 2 aromatic rings. The molecule has 0 bridgehead atoms. The van der Waals surface area contributed by atoms with Crippen LogP contribution in [0.1, 0.15) is 0 Å². The Morgan fingerprint density at radius 3 is 1.91 bits per heavy atom. The number of rotatable bonds is 5. The predicted molar refractivity (Wildman–Crippen MR) is 86.6 cm³/mol. The molecule has 0 fully saturated rings. The highest BCUT2D eigenvalue weighted by Gasteiger charge is 2.04. The normalized spacial score (nSPS) is 9.43. The second kappa shape index (κ2) is 9.97. The van der Waals surface area contributed by atoms with E-state index in [-0.39, 0.29) is 0 Å². The van der Waals surface area contributed by atoms with Crippen molar-refractivity contribution < 1.29 is 24.5 Å². The van der Waals surface area contributed by atoms with Crippen LogP contribution in [-0.4, -0.2) is 42.4 Å². The van der Waals surface area contributed by atoms with E-state index in [1.807, 2.05) is 37.4 Å². The fourth-order valence-corrected chi connectivity index (χ4v) is 1.65. The number of nitrogens with one attached hydrogen (secondary N) is 1. The lowest BCUT2D eigenvalue weighted by Crippen LogP contribution is -2.15. The van der Waals surface area contributed by atoms with E-state index in [2.05, 4.69) is 29.6 Å². The molecule has 6 nitrogen and oxygen atoms in total. The minimum absolute atomic E-state index is 0.696. The van der Waals surface area contributed by atoms with Crippen LogP contribution in [0.25, 0.3) is 11.1 Å². The summed E-state index contributed by atoms with van der Waals surface area (Å²) in [5.74, 6) is -2.73. The zero-order valence-corrected chi connectivity index (χ0v) is 12.7. The van der Waals surface area contributed by atoms with Crippen molar-refractivity contribution >= 4 is 11.9 Å². The van der Waals surface area contributed by atoms with Crippen LogP contribution in [0.15, 0.2) is 54.6 Å². The van der Waals surface area contributed by atoms with Crippen molar-refractivity contribution in [3.63, 3.8) is 0 Å². The van der Waals surface area contributed by atoms with Gasteiger partial charge in [0.1, 0.15) is 12.4 Å². The van der Waals surface area contributed by atoms with Crippen molar-refractivity contribution in [3.8, 4) is 16.9 Å². The van der Waals surface area contributed by atoms with Crippen molar-refractivity contribution in [3.05, 3.63) is 54.6 Å². The minimum atomic E-state index is -1.82. The summed E-state index contributed by atoms with van der Waals surface area (Å²) >= 11 is 0. The second-order valence-electron chi connectivity index (χ2n) is 4.45. The van der Waals surface area contributed by atoms with Crippen LogP contribution < -0.4 is 10.1 Å². The molecule has 0 aliphatic carbocycles. The molecular formula is C17H19NO5. The number of aliphatic carboxylic acids is 2. The van der Waals surface area contributed by atoms with Crippen LogP contribution in [0.5, 0.6) is 5.75 Å². The van der Waals surface area contributed by atoms with Gasteiger partial charge >= 0.3 is 11.9 Å². The highest BCUT2D eigenvalue weighted by atomic mass is 16.5. The van der Waals surface area contributed by atoms with Crippen LogP contribution in [0.2, 0.25) is 0 Å². The zero-order chi connectivity index (χ0) is 17.1. The van der Waals surface area contributed by atoms with Crippen LogP contribution in [0.4, 0.5) is 0 Å². The summed E-state index contributed by atoms with van der Waals surface area (Å²) in [5.41, 5.74) is 2.45. The van der Waals surface area contributed by atoms with E-state index in [1.165, 1.54) is 11.1 Å². The van der Waals surface area contributed by atoms with Gasteiger partial charge < -0.3 is 20.3 Å². The third kappa shape index (κ3) is 7.10. The number of ether oxygens (including phenoxy) is 1. The molecule has 6 heteroatoms. The average molecular weight is 317 g/mol. The summed E-state index contributed by atoms with van der Waals surface area (Å²) in [6.45, 7) is 1.56. The van der Waals surface area contributed by atoms with Crippen LogP contribution in [0, 0.1) is 0 Å². The van der Waals surface area contributed by atoms with Crippen molar-refractivity contribution in [2.24, 2.45) is 0 Å². The SMILES string of the molecule is CNCCOc1ccc(-c2ccccc2)cc1.O=C(O)C(=O)O. The molecule has 0 aliphatic rings. The number of carboxylic acids is 2. The number of benzene rings is 2. The highest BCUT2D eigenvalue weighted by molar-refractivity contribution is 6.27. The van der Waals surface area contributed by atoms with Gasteiger partial charge in [-0.25, -0.2) is 9.59 Å². The smallest absolute Gasteiger partial charge is 0.414 e. The topological polar surface area (TPSA) is 95.9 Å². The van der Waals surface area contributed by atoms with Gasteiger partial charge in [0.05, 0.1) is 0 Å². The number of hydrogen-bond donors (Lipinski definition) is 3. The van der Waals surface area contributed by atoms with E-state index in [9.17, 15) is 0 Å². The van der Waals surface area contributed by atoms with Crippen LogP contribution >= 0.6 is 0 Å². The van der Waals surface area contributed by atoms with Crippen molar-refractivity contribution in [1.29, 1.82) is 0 Å². The first-order chi connectivity index (χ1) is 11.0. The third-order valence-corrected chi connectivity index (χ3v) is 2.77. The average Bonchev–Trinajstić information content (AvgIpc) is 2.57. The Bertz CT molecular complexity index is 599. The van der Waals surface area contributed by atoms with E-state index in [0.717, 1.165) is 12.3 Å². The quantitative estimate of drug-likeness (QED) is 0.577. The Kier molecular flexibility index (Phi) is 7.88. The Morgan fingerprint density at radius 2 is 1.43 bits per heavy atom. The number of carboxylic acid groups (broad SMARTS) is 2. The summed E-state index contributed by atoms with van der Waals surface area (Å²) in [5, 5.41) is 17.8. The summed E-state index contributed by atoms with van der Waals surface area (Å²) in [6, 6.07) is 18.5. The van der Waals surface area contributed by atoms with E-state index in [4.69, 9.17) is 24.5 Å². The minimum Gasteiger partial charge on any atom is -0.492 e. The molecule has 3 N–H and O–H groups in total. The van der Waals surface area contributed by atoms with Gasteiger partial charge in [-0.2, -0.15) is 0 Å². The van der Waals surface area contributed by atoms with Crippen molar-refractivity contribution in [2.45, 2.75) is 0 Å². The van der Waals surface area contributed by atoms with Gasteiger partial charge in [-0.05, 0) is 30.3 Å². The molecular weight excluding hydrogens is 298 g/mol. The second-order valence-corrected chi connectivity index (χ2v) is 4.45. The molecule has 23 heavy (non-hydrogen) atoms. The van der Waals surface area contributed by atoms with Gasteiger partial charge in [-0.15, -0.1) is 0 Å². The van der Waals surface area contributed by atoms with E-state index in [0.29, 0.717) is 6.61 Å². The Labute approximate surface area is 134 Å². The molecule has 122 valence electrons. The molecule has 0 heterocycles. The van der Waals surface area contributed by atoms with Crippen molar-refractivity contribution in [1.82, 2.24) is 5.32 Å². The largest absolute Gasteiger partial charge is 0.492 e. The maximum absolute atomic E-state index is 9.10. The van der Waals surface area contributed by atoms with Gasteiger partial charge in [-0.3, -0.25) is 0 Å². The summed E-state index contributed by atoms with van der Waals surface area (Å²) in [6.07, 6.45) is 0. The first-order valence-electron chi connectivity index (χ1n) is 6.93. The van der Waals surface area contributed by atoms with Gasteiger partial charge in [-0.1, -0.05) is 42.5 Å². The predicted octanol–water partition coefficient (Wildman–Crippen LogP) is 2.11. The fraction of sp³-hybridized carbons (Fsp3) is 0.176. The molecule has 0 amide bonds. The zero-order valence-electron chi connectivity index (χ0n) is 12.7. The lowest BCUT2D eigenvalue weighted by Gasteiger charge is -2.07. The maximum Gasteiger partial charge on any atom is 0.414 e. The molecule has 0 saturated carbocycles. The molecule has 0 spiro atoms. The van der Waals surface area contributed by atoms with Gasteiger partial charge in [0.15, 0.2) is 0 Å². The number of likely N-dealkylation sites (N-methyl/N-ethyl adjacent to an activating group) is 1. The standard InChI is InChI=1S/C15H17NO.C2H2O4/c1-16-11-12-17-15-9-7-14(8-10-15)13-5-3-2-4-6-13;3-1(4)2(5)6/h2-10,16H,11-12H2,1H3;(H,3,4)(H,5,6). The summed E-state index contributed by atoms with van der Waals surface area (Å²) in [7, 11) is 1.92. The lowest BCUT2D eigenvalue weighted by molar-refractivity contribution is -0.159. The van der Waals surface area contributed by atoms with Crippen LogP contribution in [0.3, 0.4) is 0 Å². The Morgan fingerprint density at radius 1 is 0.913 bits per heavy atom. The van der Waals surface area contributed by atoms with E-state index >= 15 is 0 Å². The molecule has 2 aromatic carbocycles. The number of carbonyl (C=O) groups is 2. The molecule has 0 atom stereocenters. The Balaban J connectivity index is 0.000000379. The maximum atomic E-state index is 9.10. The monoisotopic (exact) mass is 317 g/mol. The molecule has 2 rings (SSSR count). The van der Waals surface area contributed by atoms with Crippen molar-refractivity contribution in [2.75, 3.05) is 20.2 Å². The molecule has 0 aromatic heterocycles.